The zero-order valence-corrected chi connectivity index (χ0v) is 21.7. The van der Waals surface area contributed by atoms with Crippen LogP contribution in [0.1, 0.15) is 54.7 Å². The van der Waals surface area contributed by atoms with E-state index in [1.54, 1.807) is 7.11 Å². The Bertz CT molecular complexity index is 1390. The first-order chi connectivity index (χ1) is 18.0. The number of tetrazole rings is 1. The number of rotatable bonds is 10. The first-order valence-corrected chi connectivity index (χ1v) is 12.9. The molecule has 1 aliphatic rings. The molecule has 1 N–H and O–H groups in total. The summed E-state index contributed by atoms with van der Waals surface area (Å²) in [6, 6.07) is 15.9. The highest BCUT2D eigenvalue weighted by atomic mass is 16.5. The summed E-state index contributed by atoms with van der Waals surface area (Å²) < 4.78 is 13.1. The molecule has 9 heteroatoms. The fourth-order valence-electron chi connectivity index (χ4n) is 5.13. The SMILES string of the molecule is CC[C@H](c1nnnn1Cc1ccc(OC)cc1)N(Cc1cc2cc(C)ccc2[nH]c1=O)C[C@@H]1CCCO1. The normalized spacial score (nSPS) is 16.5. The van der Waals surface area contributed by atoms with Crippen LogP contribution in [0.25, 0.3) is 10.9 Å². The predicted molar refractivity (Wildman–Crippen MR) is 142 cm³/mol. The van der Waals surface area contributed by atoms with Crippen molar-refractivity contribution in [1.29, 1.82) is 0 Å². The van der Waals surface area contributed by atoms with E-state index in [9.17, 15) is 4.79 Å². The van der Waals surface area contributed by atoms with Crippen LogP contribution < -0.4 is 10.3 Å². The number of aryl methyl sites for hydroxylation is 1. The molecule has 5 rings (SSSR count). The zero-order chi connectivity index (χ0) is 25.8. The molecule has 0 saturated carbocycles. The number of nitrogens with one attached hydrogen (secondary N) is 1. The van der Waals surface area contributed by atoms with Gasteiger partial charge in [-0.3, -0.25) is 9.69 Å². The van der Waals surface area contributed by atoms with Gasteiger partial charge < -0.3 is 14.5 Å². The largest absolute Gasteiger partial charge is 0.497 e. The maximum Gasteiger partial charge on any atom is 0.252 e. The molecular weight excluding hydrogens is 468 g/mol. The van der Waals surface area contributed by atoms with Crippen LogP contribution in [-0.2, 0) is 17.8 Å². The third kappa shape index (κ3) is 5.73. The van der Waals surface area contributed by atoms with Crippen LogP contribution in [0.4, 0.5) is 0 Å². The predicted octanol–water partition coefficient (Wildman–Crippen LogP) is 4.01. The van der Waals surface area contributed by atoms with Crippen molar-refractivity contribution in [3.8, 4) is 5.75 Å². The average molecular weight is 503 g/mol. The van der Waals surface area contributed by atoms with E-state index < -0.39 is 0 Å². The maximum absolute atomic E-state index is 13.1. The van der Waals surface area contributed by atoms with Gasteiger partial charge in [0.25, 0.3) is 5.56 Å². The summed E-state index contributed by atoms with van der Waals surface area (Å²) in [5.74, 6) is 1.59. The fourth-order valence-corrected chi connectivity index (χ4v) is 5.13. The molecule has 1 fully saturated rings. The molecule has 0 unspecified atom stereocenters. The van der Waals surface area contributed by atoms with Crippen LogP contribution in [0.3, 0.4) is 0 Å². The van der Waals surface area contributed by atoms with E-state index in [1.165, 1.54) is 0 Å². The summed E-state index contributed by atoms with van der Waals surface area (Å²) in [5.41, 5.74) is 3.74. The van der Waals surface area contributed by atoms with Crippen LogP contribution in [-0.4, -0.2) is 56.5 Å². The highest BCUT2D eigenvalue weighted by molar-refractivity contribution is 5.79. The lowest BCUT2D eigenvalue weighted by atomic mass is 10.1. The third-order valence-electron chi connectivity index (χ3n) is 7.09. The van der Waals surface area contributed by atoms with Gasteiger partial charge >= 0.3 is 0 Å². The first kappa shape index (κ1) is 25.1. The van der Waals surface area contributed by atoms with Crippen molar-refractivity contribution >= 4 is 10.9 Å². The lowest BCUT2D eigenvalue weighted by Crippen LogP contribution is -2.37. The fraction of sp³-hybridized carbons (Fsp3) is 0.429. The molecule has 194 valence electrons. The van der Waals surface area contributed by atoms with Gasteiger partial charge in [0, 0.05) is 30.8 Å². The standard InChI is InChI=1S/C28H34N6O3/c1-4-26(27-30-31-32-34(27)16-20-8-10-23(36-3)11-9-20)33(18-24-6-5-13-37-24)17-22-15-21-14-19(2)7-12-25(21)29-28(22)35/h7-12,14-15,24,26H,4-6,13,16-18H2,1-3H3,(H,29,35)/t24-,26+/m0/s1. The van der Waals surface area contributed by atoms with Gasteiger partial charge in [-0.2, -0.15) is 0 Å². The zero-order valence-electron chi connectivity index (χ0n) is 21.7. The van der Waals surface area contributed by atoms with E-state index in [0.717, 1.165) is 65.0 Å². The molecule has 9 nitrogen and oxygen atoms in total. The number of hydrogen-bond acceptors (Lipinski definition) is 7. The van der Waals surface area contributed by atoms with Crippen LogP contribution in [0.15, 0.2) is 53.3 Å². The molecule has 1 aliphatic heterocycles. The van der Waals surface area contributed by atoms with Crippen LogP contribution in [0.5, 0.6) is 5.75 Å². The smallest absolute Gasteiger partial charge is 0.252 e. The third-order valence-corrected chi connectivity index (χ3v) is 7.09. The van der Waals surface area contributed by atoms with Gasteiger partial charge in [-0.1, -0.05) is 30.7 Å². The summed E-state index contributed by atoms with van der Waals surface area (Å²) >= 11 is 0. The van der Waals surface area contributed by atoms with Crippen LogP contribution in [0.2, 0.25) is 0 Å². The van der Waals surface area contributed by atoms with Crippen LogP contribution >= 0.6 is 0 Å². The number of H-pyrrole nitrogens is 1. The number of nitrogens with zero attached hydrogens (tertiary/aromatic N) is 5. The van der Waals surface area contributed by atoms with E-state index >= 15 is 0 Å². The minimum atomic E-state index is -0.0787. The second-order valence-corrected chi connectivity index (χ2v) is 9.75. The number of methoxy groups -OCH3 is 1. The second kappa shape index (κ2) is 11.2. The highest BCUT2D eigenvalue weighted by Gasteiger charge is 2.29. The molecule has 2 aromatic carbocycles. The molecular formula is C28H34N6O3. The minimum absolute atomic E-state index is 0.0682. The van der Waals surface area contributed by atoms with Gasteiger partial charge in [0.1, 0.15) is 5.75 Å². The van der Waals surface area contributed by atoms with Crippen LogP contribution in [0, 0.1) is 6.92 Å². The second-order valence-electron chi connectivity index (χ2n) is 9.75. The molecule has 0 amide bonds. The number of aromatic amines is 1. The van der Waals surface area contributed by atoms with Crippen molar-refractivity contribution in [3.63, 3.8) is 0 Å². The Labute approximate surface area is 216 Å². The number of benzene rings is 2. The summed E-state index contributed by atoms with van der Waals surface area (Å²) in [7, 11) is 1.66. The lowest BCUT2D eigenvalue weighted by Gasteiger charge is -2.32. The number of pyridine rings is 1. The number of ether oxygens (including phenoxy) is 2. The van der Waals surface area contributed by atoms with E-state index in [0.29, 0.717) is 19.6 Å². The van der Waals surface area contributed by atoms with Crippen molar-refractivity contribution in [2.75, 3.05) is 20.3 Å². The molecule has 2 aromatic heterocycles. The monoisotopic (exact) mass is 502 g/mol. The number of hydrogen-bond donors (Lipinski definition) is 1. The molecule has 4 aromatic rings. The topological polar surface area (TPSA) is 98.2 Å². The van der Waals surface area contributed by atoms with Crippen molar-refractivity contribution in [3.05, 3.63) is 81.4 Å². The maximum atomic E-state index is 13.1. The molecule has 0 radical (unpaired) electrons. The molecule has 0 aliphatic carbocycles. The first-order valence-electron chi connectivity index (χ1n) is 12.9. The Kier molecular flexibility index (Phi) is 7.62. The average Bonchev–Trinajstić information content (AvgIpc) is 3.58. The van der Waals surface area contributed by atoms with E-state index in [1.807, 2.05) is 47.1 Å². The van der Waals surface area contributed by atoms with Crippen molar-refractivity contribution in [2.24, 2.45) is 0 Å². The van der Waals surface area contributed by atoms with Crippen molar-refractivity contribution in [2.45, 2.75) is 58.3 Å². The Morgan fingerprint density at radius 3 is 2.78 bits per heavy atom. The molecule has 0 bridgehead atoms. The summed E-state index contributed by atoms with van der Waals surface area (Å²) in [6.45, 7) is 6.70. The Morgan fingerprint density at radius 1 is 1.22 bits per heavy atom. The Balaban J connectivity index is 1.46. The van der Waals surface area contributed by atoms with Crippen molar-refractivity contribution < 1.29 is 9.47 Å². The van der Waals surface area contributed by atoms with Gasteiger partial charge in [-0.15, -0.1) is 5.10 Å². The highest BCUT2D eigenvalue weighted by Crippen LogP contribution is 2.27. The molecule has 2 atom stereocenters. The van der Waals surface area contributed by atoms with Gasteiger partial charge in [0.15, 0.2) is 5.82 Å². The van der Waals surface area contributed by atoms with E-state index in [-0.39, 0.29) is 17.7 Å². The number of fused-ring (bicyclic) bond motifs is 1. The Morgan fingerprint density at radius 2 is 2.05 bits per heavy atom. The molecule has 0 spiro atoms. The molecule has 1 saturated heterocycles. The quantitative estimate of drug-likeness (QED) is 0.350. The summed E-state index contributed by atoms with van der Waals surface area (Å²) in [6.07, 6.45) is 2.99. The lowest BCUT2D eigenvalue weighted by molar-refractivity contribution is 0.0489. The summed E-state index contributed by atoms with van der Waals surface area (Å²) in [5, 5.41) is 13.8. The van der Waals surface area contributed by atoms with Gasteiger partial charge in [0.05, 0.1) is 25.8 Å². The molecule has 37 heavy (non-hydrogen) atoms. The Hall–Kier alpha value is -3.56. The number of aromatic nitrogens is 5. The van der Waals surface area contributed by atoms with E-state index in [2.05, 4.69) is 45.3 Å². The van der Waals surface area contributed by atoms with Crippen molar-refractivity contribution in [1.82, 2.24) is 30.1 Å². The van der Waals surface area contributed by atoms with Gasteiger partial charge in [-0.05, 0) is 77.9 Å². The summed E-state index contributed by atoms with van der Waals surface area (Å²) in [4.78, 5) is 18.4. The molecule has 3 heterocycles. The van der Waals surface area contributed by atoms with E-state index in [4.69, 9.17) is 9.47 Å². The minimum Gasteiger partial charge on any atom is -0.497 e. The van der Waals surface area contributed by atoms with Gasteiger partial charge in [-0.25, -0.2) is 4.68 Å². The van der Waals surface area contributed by atoms with Gasteiger partial charge in [0.2, 0.25) is 0 Å².